The van der Waals surface area contributed by atoms with Gasteiger partial charge in [0, 0.05) is 0 Å². The number of hydrogen-bond donors (Lipinski definition) is 1. The molecule has 1 N–H and O–H groups in total. The third-order valence-electron chi connectivity index (χ3n) is 2.22. The molecular weight excluding hydrogens is 270 g/mol. The molecule has 1 fully saturated rings. The van der Waals surface area contributed by atoms with Crippen LogP contribution in [0.1, 0.15) is 5.76 Å². The first kappa shape index (κ1) is 13.2. The Bertz CT molecular complexity index is 573. The fourth-order valence-electron chi connectivity index (χ4n) is 1.40. The number of imide groups is 1. The summed E-state index contributed by atoms with van der Waals surface area (Å²) in [6.45, 7) is -0.621. The van der Waals surface area contributed by atoms with Gasteiger partial charge in [-0.05, 0) is 36.0 Å². The molecule has 0 spiro atoms. The van der Waals surface area contributed by atoms with E-state index in [0.29, 0.717) is 22.4 Å². The maximum Gasteiger partial charge on any atom is 0.323 e. The molecule has 0 radical (unpaired) electrons. The highest BCUT2D eigenvalue weighted by Crippen LogP contribution is 2.30. The van der Waals surface area contributed by atoms with Crippen LogP contribution in [-0.4, -0.2) is 33.7 Å². The molecule has 7 heteroatoms. The van der Waals surface area contributed by atoms with Gasteiger partial charge >= 0.3 is 5.97 Å². The zero-order valence-electron chi connectivity index (χ0n) is 9.61. The summed E-state index contributed by atoms with van der Waals surface area (Å²) in [6, 6.07) is 3.46. The van der Waals surface area contributed by atoms with E-state index in [0.717, 1.165) is 0 Å². The molecule has 0 bridgehead atoms. The van der Waals surface area contributed by atoms with Crippen molar-refractivity contribution < 1.29 is 23.9 Å². The first-order valence-electron chi connectivity index (χ1n) is 5.25. The molecular formula is C12H9NO5S. The number of carboxylic acids is 1. The molecule has 0 atom stereocenters. The molecule has 1 saturated heterocycles. The highest BCUT2D eigenvalue weighted by molar-refractivity contribution is 8.18. The topological polar surface area (TPSA) is 87.8 Å². The summed E-state index contributed by atoms with van der Waals surface area (Å²) in [6.07, 6.45) is 6.16. The maximum absolute atomic E-state index is 11.7. The molecule has 2 amide bonds. The first-order valence-corrected chi connectivity index (χ1v) is 6.07. The summed E-state index contributed by atoms with van der Waals surface area (Å²) in [4.78, 5) is 34.6. The van der Waals surface area contributed by atoms with Crippen molar-refractivity contribution in [3.63, 3.8) is 0 Å². The minimum absolute atomic E-state index is 0.189. The number of thioether (sulfide) groups is 1. The summed E-state index contributed by atoms with van der Waals surface area (Å²) < 4.78 is 5.06. The van der Waals surface area contributed by atoms with E-state index in [1.54, 1.807) is 24.3 Å². The van der Waals surface area contributed by atoms with Crippen LogP contribution in [0.2, 0.25) is 0 Å². The Morgan fingerprint density at radius 1 is 1.47 bits per heavy atom. The second kappa shape index (κ2) is 5.57. The number of furan rings is 1. The molecule has 1 aromatic heterocycles. The number of allylic oxidation sites excluding steroid dienone is 2. The summed E-state index contributed by atoms with van der Waals surface area (Å²) in [5.74, 6) is -1.21. The first-order chi connectivity index (χ1) is 9.08. The molecule has 19 heavy (non-hydrogen) atoms. The smallest absolute Gasteiger partial charge is 0.323 e. The molecule has 98 valence electrons. The van der Waals surface area contributed by atoms with Crippen LogP contribution < -0.4 is 0 Å². The lowest BCUT2D eigenvalue weighted by Crippen LogP contribution is -2.33. The third kappa shape index (κ3) is 3.14. The van der Waals surface area contributed by atoms with Gasteiger partial charge in [-0.25, -0.2) is 0 Å². The van der Waals surface area contributed by atoms with E-state index in [9.17, 15) is 14.4 Å². The van der Waals surface area contributed by atoms with Gasteiger partial charge in [0.15, 0.2) is 0 Å². The summed E-state index contributed by atoms with van der Waals surface area (Å²) in [7, 11) is 0. The average Bonchev–Trinajstić information content (AvgIpc) is 2.94. The molecule has 0 aromatic carbocycles. The Kier molecular flexibility index (Phi) is 3.86. The van der Waals surface area contributed by atoms with E-state index in [1.807, 2.05) is 0 Å². The molecule has 0 aliphatic carbocycles. The summed E-state index contributed by atoms with van der Waals surface area (Å²) in [5.41, 5.74) is 0. The van der Waals surface area contributed by atoms with E-state index < -0.39 is 23.7 Å². The second-order valence-corrected chi connectivity index (χ2v) is 4.55. The van der Waals surface area contributed by atoms with Crippen molar-refractivity contribution in [1.29, 1.82) is 0 Å². The number of hydrogen-bond acceptors (Lipinski definition) is 5. The largest absolute Gasteiger partial charge is 0.480 e. The molecule has 6 nitrogen and oxygen atoms in total. The van der Waals surface area contributed by atoms with Crippen LogP contribution in [0.15, 0.2) is 39.9 Å². The van der Waals surface area contributed by atoms with Gasteiger partial charge < -0.3 is 9.52 Å². The van der Waals surface area contributed by atoms with Crippen molar-refractivity contribution in [1.82, 2.24) is 4.90 Å². The van der Waals surface area contributed by atoms with Gasteiger partial charge in [0.05, 0.1) is 11.2 Å². The fraction of sp³-hybridized carbons (Fsp3) is 0.0833. The van der Waals surface area contributed by atoms with Crippen molar-refractivity contribution in [2.45, 2.75) is 0 Å². The van der Waals surface area contributed by atoms with Gasteiger partial charge in [-0.1, -0.05) is 6.08 Å². The summed E-state index contributed by atoms with van der Waals surface area (Å²) in [5, 5.41) is 8.02. The van der Waals surface area contributed by atoms with Crippen molar-refractivity contribution in [2.24, 2.45) is 0 Å². The molecule has 1 aliphatic heterocycles. The number of carbonyl (C=O) groups excluding carboxylic acids is 2. The third-order valence-corrected chi connectivity index (χ3v) is 3.14. The Balaban J connectivity index is 2.08. The maximum atomic E-state index is 11.7. The Morgan fingerprint density at radius 3 is 2.89 bits per heavy atom. The van der Waals surface area contributed by atoms with Crippen LogP contribution in [0.5, 0.6) is 0 Å². The molecule has 2 heterocycles. The zero-order chi connectivity index (χ0) is 13.8. The zero-order valence-corrected chi connectivity index (χ0v) is 10.4. The monoisotopic (exact) mass is 279 g/mol. The number of carboxylic acid groups (broad SMARTS) is 1. The predicted octanol–water partition coefficient (Wildman–Crippen LogP) is 1.96. The van der Waals surface area contributed by atoms with Gasteiger partial charge in [-0.15, -0.1) is 0 Å². The Morgan fingerprint density at radius 2 is 2.26 bits per heavy atom. The molecule has 0 saturated carbocycles. The normalized spacial score (nSPS) is 17.9. The minimum Gasteiger partial charge on any atom is -0.480 e. The summed E-state index contributed by atoms with van der Waals surface area (Å²) >= 11 is 0.714. The predicted molar refractivity (Wildman–Crippen MR) is 68.2 cm³/mol. The quantitative estimate of drug-likeness (QED) is 0.847. The molecule has 2 rings (SSSR count). The van der Waals surface area contributed by atoms with Crippen LogP contribution >= 0.6 is 11.8 Å². The van der Waals surface area contributed by atoms with Gasteiger partial charge in [0.2, 0.25) is 0 Å². The van der Waals surface area contributed by atoms with E-state index in [2.05, 4.69) is 0 Å². The van der Waals surface area contributed by atoms with Crippen LogP contribution in [0.25, 0.3) is 6.08 Å². The Hall–Kier alpha value is -2.28. The SMILES string of the molecule is O=C(O)CN1C(=O)S/C(=C/C=C/c2ccco2)C1=O. The van der Waals surface area contributed by atoms with Gasteiger partial charge in [-0.2, -0.15) is 0 Å². The lowest BCUT2D eigenvalue weighted by molar-refractivity contribution is -0.140. The van der Waals surface area contributed by atoms with Crippen LogP contribution in [0.3, 0.4) is 0 Å². The van der Waals surface area contributed by atoms with E-state index in [4.69, 9.17) is 9.52 Å². The minimum atomic E-state index is -1.23. The number of rotatable bonds is 4. The van der Waals surface area contributed by atoms with Crippen molar-refractivity contribution in [3.05, 3.63) is 41.2 Å². The molecule has 1 aliphatic rings. The highest BCUT2D eigenvalue weighted by Gasteiger charge is 2.35. The Labute approximate surface area is 112 Å². The highest BCUT2D eigenvalue weighted by atomic mass is 32.2. The van der Waals surface area contributed by atoms with Crippen molar-refractivity contribution in [2.75, 3.05) is 6.54 Å². The second-order valence-electron chi connectivity index (χ2n) is 3.56. The van der Waals surface area contributed by atoms with E-state index >= 15 is 0 Å². The van der Waals surface area contributed by atoms with E-state index in [1.165, 1.54) is 12.3 Å². The van der Waals surface area contributed by atoms with E-state index in [-0.39, 0.29) is 4.91 Å². The van der Waals surface area contributed by atoms with Crippen LogP contribution in [0.4, 0.5) is 4.79 Å². The average molecular weight is 279 g/mol. The van der Waals surface area contributed by atoms with Gasteiger partial charge in [0.25, 0.3) is 11.1 Å². The lowest BCUT2D eigenvalue weighted by Gasteiger charge is -2.07. The fourth-order valence-corrected chi connectivity index (χ4v) is 2.19. The number of aliphatic carboxylic acids is 1. The number of amides is 2. The van der Waals surface area contributed by atoms with Gasteiger partial charge in [0.1, 0.15) is 12.3 Å². The van der Waals surface area contributed by atoms with Crippen molar-refractivity contribution in [3.8, 4) is 0 Å². The van der Waals surface area contributed by atoms with Crippen molar-refractivity contribution >= 4 is 35.0 Å². The standard InChI is InChI=1S/C12H9NO5S/c14-10(15)7-13-11(16)9(19-12(13)17)5-1-3-8-4-2-6-18-8/h1-6H,7H2,(H,14,15)/b3-1+,9-5+. The lowest BCUT2D eigenvalue weighted by atomic mass is 10.3. The van der Waals surface area contributed by atoms with Crippen LogP contribution in [0, 0.1) is 0 Å². The molecule has 0 unspecified atom stereocenters. The van der Waals surface area contributed by atoms with Gasteiger partial charge in [-0.3, -0.25) is 19.3 Å². The van der Waals surface area contributed by atoms with Crippen LogP contribution in [-0.2, 0) is 9.59 Å². The number of carbonyl (C=O) groups is 3. The number of nitrogens with zero attached hydrogens (tertiary/aromatic N) is 1. The molecule has 1 aromatic rings.